The monoisotopic (exact) mass is 458 g/mol. The first-order valence-electron chi connectivity index (χ1n) is 10.7. The van der Waals surface area contributed by atoms with E-state index < -0.39 is 7.60 Å². The number of hydrogen-bond donors (Lipinski definition) is 1. The molecule has 0 aliphatic rings. The molecule has 3 rings (SSSR count). The molecule has 2 aromatic carbocycles. The summed E-state index contributed by atoms with van der Waals surface area (Å²) >= 11 is 0. The second-order valence-corrected chi connectivity index (χ2v) is 9.97. The van der Waals surface area contributed by atoms with Crippen LogP contribution in [-0.4, -0.2) is 37.5 Å². The van der Waals surface area contributed by atoms with E-state index in [0.29, 0.717) is 25.3 Å². The molecular weight excluding hydrogens is 427 g/mol. The van der Waals surface area contributed by atoms with E-state index in [0.717, 1.165) is 28.6 Å². The van der Waals surface area contributed by atoms with Crippen LogP contribution in [0.25, 0.3) is 10.9 Å². The van der Waals surface area contributed by atoms with Crippen LogP contribution < -0.4 is 10.5 Å². The minimum Gasteiger partial charge on any atom is -0.494 e. The third kappa shape index (κ3) is 5.60. The van der Waals surface area contributed by atoms with Crippen LogP contribution in [-0.2, 0) is 37.8 Å². The van der Waals surface area contributed by atoms with Gasteiger partial charge in [-0.05, 0) is 42.2 Å². The van der Waals surface area contributed by atoms with E-state index in [9.17, 15) is 9.36 Å². The van der Waals surface area contributed by atoms with Gasteiger partial charge < -0.3 is 24.1 Å². The molecule has 0 radical (unpaired) electrons. The van der Waals surface area contributed by atoms with Crippen LogP contribution in [0.2, 0.25) is 0 Å². The summed E-state index contributed by atoms with van der Waals surface area (Å²) in [6.45, 7) is 3.17. The van der Waals surface area contributed by atoms with E-state index in [2.05, 4.69) is 23.6 Å². The minimum absolute atomic E-state index is 0.176. The van der Waals surface area contributed by atoms with E-state index in [-0.39, 0.29) is 18.5 Å². The van der Waals surface area contributed by atoms with Gasteiger partial charge in [-0.15, -0.1) is 0 Å². The first-order chi connectivity index (χ1) is 15.4. The number of primary amides is 1. The Bertz CT molecular complexity index is 1100. The average molecular weight is 458 g/mol. The van der Waals surface area contributed by atoms with Crippen molar-refractivity contribution in [1.82, 2.24) is 4.57 Å². The van der Waals surface area contributed by atoms with Crippen LogP contribution in [0.3, 0.4) is 0 Å². The normalized spacial score (nSPS) is 11.7. The van der Waals surface area contributed by atoms with Crippen molar-refractivity contribution in [3.8, 4) is 5.75 Å². The second-order valence-electron chi connectivity index (χ2n) is 7.57. The van der Waals surface area contributed by atoms with Crippen LogP contribution in [0.5, 0.6) is 5.75 Å². The van der Waals surface area contributed by atoms with Crippen molar-refractivity contribution in [1.29, 1.82) is 0 Å². The van der Waals surface area contributed by atoms with E-state index in [4.69, 9.17) is 19.5 Å². The number of ether oxygens (including phenoxy) is 1. The van der Waals surface area contributed by atoms with Crippen molar-refractivity contribution in [2.75, 3.05) is 27.0 Å². The Morgan fingerprint density at radius 2 is 1.81 bits per heavy atom. The molecule has 0 fully saturated rings. The Morgan fingerprint density at radius 1 is 1.09 bits per heavy atom. The van der Waals surface area contributed by atoms with E-state index in [1.165, 1.54) is 19.8 Å². The topological polar surface area (TPSA) is 92.8 Å². The van der Waals surface area contributed by atoms with Gasteiger partial charge in [-0.25, -0.2) is 0 Å². The maximum atomic E-state index is 12.2. The molecule has 0 bridgehead atoms. The highest BCUT2D eigenvalue weighted by Gasteiger charge is 2.21. The second kappa shape index (κ2) is 10.8. The standard InChI is InChI=1S/C24H31N2O5P/c1-4-22-21(16-24(25)27)20-15-19(31-13-8-14-32(28,29-2)30-3)11-12-23(20)26(22)17-18-9-6-5-7-10-18/h5-7,9-12,15H,4,8,13-14,16-17H2,1-3H3,(H2,25,27). The highest BCUT2D eigenvalue weighted by atomic mass is 31.2. The molecule has 0 saturated heterocycles. The molecule has 1 aromatic heterocycles. The highest BCUT2D eigenvalue weighted by molar-refractivity contribution is 7.53. The zero-order chi connectivity index (χ0) is 23.1. The molecule has 7 nitrogen and oxygen atoms in total. The molecule has 1 heterocycles. The summed E-state index contributed by atoms with van der Waals surface area (Å²) in [4.78, 5) is 11.8. The molecule has 0 atom stereocenters. The van der Waals surface area contributed by atoms with Gasteiger partial charge in [0.05, 0.1) is 19.2 Å². The SMILES string of the molecule is CCc1c(CC(N)=O)c2cc(OCCCP(=O)(OC)OC)ccc2n1Cc1ccccc1. The van der Waals surface area contributed by atoms with Crippen molar-refractivity contribution in [2.45, 2.75) is 32.7 Å². The Morgan fingerprint density at radius 3 is 2.44 bits per heavy atom. The number of amides is 1. The number of carbonyl (C=O) groups excluding carboxylic acids is 1. The van der Waals surface area contributed by atoms with Gasteiger partial charge in [0.2, 0.25) is 5.91 Å². The van der Waals surface area contributed by atoms with E-state index in [1.807, 2.05) is 36.4 Å². The summed E-state index contributed by atoms with van der Waals surface area (Å²) in [6.07, 6.45) is 1.77. The fourth-order valence-corrected chi connectivity index (χ4v) is 5.00. The number of rotatable bonds is 12. The lowest BCUT2D eigenvalue weighted by molar-refractivity contribution is -0.117. The average Bonchev–Trinajstić information content (AvgIpc) is 3.08. The first-order valence-corrected chi connectivity index (χ1v) is 12.4. The number of benzene rings is 2. The number of carbonyl (C=O) groups is 1. The number of fused-ring (bicyclic) bond motifs is 1. The predicted octanol–water partition coefficient (Wildman–Crippen LogP) is 4.53. The van der Waals surface area contributed by atoms with E-state index >= 15 is 0 Å². The molecule has 1 amide bonds. The van der Waals surface area contributed by atoms with Crippen molar-refractivity contribution >= 4 is 24.4 Å². The zero-order valence-corrected chi connectivity index (χ0v) is 19.8. The fourth-order valence-electron chi connectivity index (χ4n) is 3.97. The van der Waals surface area contributed by atoms with Crippen LogP contribution in [0.4, 0.5) is 0 Å². The van der Waals surface area contributed by atoms with Crippen molar-refractivity contribution in [2.24, 2.45) is 5.73 Å². The van der Waals surface area contributed by atoms with Gasteiger partial charge in [-0.2, -0.15) is 0 Å². The molecular formula is C24H31N2O5P. The molecule has 8 heteroatoms. The lowest BCUT2D eigenvalue weighted by Crippen LogP contribution is -2.15. The van der Waals surface area contributed by atoms with Gasteiger partial charge in [0.1, 0.15) is 5.75 Å². The molecule has 0 aliphatic carbocycles. The predicted molar refractivity (Wildman–Crippen MR) is 126 cm³/mol. The Kier molecular flexibility index (Phi) is 8.13. The largest absolute Gasteiger partial charge is 0.494 e. The zero-order valence-electron chi connectivity index (χ0n) is 18.9. The molecule has 172 valence electrons. The summed E-state index contributed by atoms with van der Waals surface area (Å²) in [6, 6.07) is 16.1. The lowest BCUT2D eigenvalue weighted by atomic mass is 10.1. The lowest BCUT2D eigenvalue weighted by Gasteiger charge is -2.13. The maximum Gasteiger partial charge on any atom is 0.330 e. The van der Waals surface area contributed by atoms with Crippen LogP contribution in [0.1, 0.15) is 30.2 Å². The fraction of sp³-hybridized carbons (Fsp3) is 0.375. The third-order valence-electron chi connectivity index (χ3n) is 5.53. The van der Waals surface area contributed by atoms with Gasteiger partial charge in [-0.3, -0.25) is 9.36 Å². The van der Waals surface area contributed by atoms with Crippen molar-refractivity contribution < 1.29 is 23.1 Å². The van der Waals surface area contributed by atoms with Gasteiger partial charge in [0.15, 0.2) is 0 Å². The summed E-state index contributed by atoms with van der Waals surface area (Å²) in [7, 11) is -0.282. The molecule has 0 aliphatic heterocycles. The molecule has 3 aromatic rings. The highest BCUT2D eigenvalue weighted by Crippen LogP contribution is 2.46. The van der Waals surface area contributed by atoms with Crippen molar-refractivity contribution in [3.63, 3.8) is 0 Å². The Hall–Kier alpha value is -2.60. The molecule has 0 spiro atoms. The Labute approximate surface area is 189 Å². The van der Waals surface area contributed by atoms with Crippen LogP contribution in [0, 0.1) is 0 Å². The maximum absolute atomic E-state index is 12.2. The quantitative estimate of drug-likeness (QED) is 0.318. The van der Waals surface area contributed by atoms with E-state index in [1.54, 1.807) is 0 Å². The summed E-state index contributed by atoms with van der Waals surface area (Å²) < 4.78 is 30.2. The van der Waals surface area contributed by atoms with Gasteiger partial charge in [-0.1, -0.05) is 37.3 Å². The molecule has 0 saturated carbocycles. The molecule has 0 unspecified atom stereocenters. The number of hydrogen-bond acceptors (Lipinski definition) is 5. The van der Waals surface area contributed by atoms with Gasteiger partial charge in [0, 0.05) is 37.4 Å². The number of nitrogens with two attached hydrogens (primary N) is 1. The van der Waals surface area contributed by atoms with Gasteiger partial charge >= 0.3 is 7.60 Å². The number of nitrogens with zero attached hydrogens (tertiary/aromatic N) is 1. The van der Waals surface area contributed by atoms with Crippen molar-refractivity contribution in [3.05, 3.63) is 65.4 Å². The first kappa shape index (κ1) is 24.1. The Balaban J connectivity index is 1.89. The smallest absolute Gasteiger partial charge is 0.330 e. The van der Waals surface area contributed by atoms with Crippen LogP contribution >= 0.6 is 7.60 Å². The summed E-state index contributed by atoms with van der Waals surface area (Å²) in [5, 5.41) is 0.966. The molecule has 32 heavy (non-hydrogen) atoms. The minimum atomic E-state index is -3.04. The number of aromatic nitrogens is 1. The third-order valence-corrected chi connectivity index (χ3v) is 7.51. The van der Waals surface area contributed by atoms with Crippen LogP contribution in [0.15, 0.2) is 48.5 Å². The summed E-state index contributed by atoms with van der Waals surface area (Å²) in [5.74, 6) is 0.326. The summed E-state index contributed by atoms with van der Waals surface area (Å²) in [5.41, 5.74) is 9.84. The molecule has 2 N–H and O–H groups in total. The van der Waals surface area contributed by atoms with Gasteiger partial charge in [0.25, 0.3) is 0 Å².